The summed E-state index contributed by atoms with van der Waals surface area (Å²) in [6.45, 7) is 0.847. The third kappa shape index (κ3) is 3.83. The molecule has 2 aromatic heterocycles. The highest BCUT2D eigenvalue weighted by molar-refractivity contribution is 7.08. The van der Waals surface area contributed by atoms with Crippen LogP contribution in [0.2, 0.25) is 0 Å². The second-order valence-electron chi connectivity index (χ2n) is 4.59. The van der Waals surface area contributed by atoms with Crippen LogP contribution in [0, 0.1) is 0 Å². The minimum atomic E-state index is -1.34. The van der Waals surface area contributed by atoms with Crippen LogP contribution in [0.15, 0.2) is 16.8 Å². The number of thiophene rings is 1. The number of carbonyl (C=O) groups excluding carboxylic acids is 1. The average molecular weight is 297 g/mol. The van der Waals surface area contributed by atoms with Crippen molar-refractivity contribution in [1.29, 1.82) is 0 Å². The molecule has 0 spiro atoms. The van der Waals surface area contributed by atoms with Gasteiger partial charge in [-0.1, -0.05) is 0 Å². The quantitative estimate of drug-likeness (QED) is 0.647. The average Bonchev–Trinajstić information content (AvgIpc) is 3.07. The lowest BCUT2D eigenvalue weighted by Crippen LogP contribution is -2.44. The first-order valence-electron chi connectivity index (χ1n) is 5.90. The second kappa shape index (κ2) is 6.07. The van der Waals surface area contributed by atoms with Crippen molar-refractivity contribution in [2.24, 2.45) is 0 Å². The zero-order chi connectivity index (χ0) is 14.6. The van der Waals surface area contributed by atoms with E-state index in [0.717, 1.165) is 5.56 Å². The number of aliphatic hydroxyl groups excluding tert-OH is 1. The number of hydrogen-bond acceptors (Lipinski definition) is 7. The summed E-state index contributed by atoms with van der Waals surface area (Å²) in [4.78, 5) is 12.8. The van der Waals surface area contributed by atoms with Crippen molar-refractivity contribution in [3.05, 3.63) is 16.8 Å². The Bertz CT molecular complexity index is 566. The molecule has 0 aliphatic heterocycles. The van der Waals surface area contributed by atoms with Gasteiger partial charge in [0.2, 0.25) is 11.7 Å². The van der Waals surface area contributed by atoms with Gasteiger partial charge in [0.05, 0.1) is 6.61 Å². The Kier molecular flexibility index (Phi) is 4.42. The van der Waals surface area contributed by atoms with Crippen LogP contribution < -0.4 is 5.32 Å². The minimum Gasteiger partial charge on any atom is -0.393 e. The third-order valence-electron chi connectivity index (χ3n) is 2.52. The van der Waals surface area contributed by atoms with E-state index in [4.69, 9.17) is 5.11 Å². The van der Waals surface area contributed by atoms with Gasteiger partial charge < -0.3 is 15.5 Å². The van der Waals surface area contributed by atoms with Crippen molar-refractivity contribution in [3.63, 3.8) is 0 Å². The lowest BCUT2D eigenvalue weighted by atomic mass is 10.1. The molecule has 3 N–H and O–H groups in total. The Morgan fingerprint density at radius 2 is 2.40 bits per heavy atom. The van der Waals surface area contributed by atoms with Crippen molar-refractivity contribution in [1.82, 2.24) is 25.5 Å². The summed E-state index contributed by atoms with van der Waals surface area (Å²) in [6.07, 6.45) is 0. The molecule has 20 heavy (non-hydrogen) atoms. The monoisotopic (exact) mass is 297 g/mol. The van der Waals surface area contributed by atoms with Gasteiger partial charge >= 0.3 is 0 Å². The number of nitrogens with zero attached hydrogens (tertiary/aromatic N) is 4. The highest BCUT2D eigenvalue weighted by atomic mass is 32.1. The molecule has 1 amide bonds. The fourth-order valence-corrected chi connectivity index (χ4v) is 1.98. The van der Waals surface area contributed by atoms with Gasteiger partial charge in [-0.3, -0.25) is 4.79 Å². The molecule has 2 rings (SSSR count). The predicted molar refractivity (Wildman–Crippen MR) is 71.8 cm³/mol. The Balaban J connectivity index is 1.89. The Morgan fingerprint density at radius 3 is 3.05 bits per heavy atom. The van der Waals surface area contributed by atoms with E-state index < -0.39 is 12.2 Å². The van der Waals surface area contributed by atoms with Gasteiger partial charge in [0.1, 0.15) is 12.1 Å². The van der Waals surface area contributed by atoms with Gasteiger partial charge in [-0.25, -0.2) is 0 Å². The van der Waals surface area contributed by atoms with Crippen molar-refractivity contribution in [2.75, 3.05) is 13.2 Å². The number of amides is 1. The van der Waals surface area contributed by atoms with Crippen LogP contribution in [0.5, 0.6) is 0 Å². The highest BCUT2D eigenvalue weighted by Gasteiger charge is 2.20. The molecule has 1 atom stereocenters. The molecular formula is C11H15N5O3S. The lowest BCUT2D eigenvalue weighted by Gasteiger charge is -2.20. The fraction of sp³-hybridized carbons (Fsp3) is 0.455. The van der Waals surface area contributed by atoms with Gasteiger partial charge in [0.15, 0.2) is 0 Å². The number of nitrogens with one attached hydrogen (secondary N) is 1. The van der Waals surface area contributed by atoms with Crippen LogP contribution >= 0.6 is 11.3 Å². The van der Waals surface area contributed by atoms with Crippen LogP contribution in [0.4, 0.5) is 0 Å². The normalized spacial score (nSPS) is 13.9. The zero-order valence-electron chi connectivity index (χ0n) is 10.9. The van der Waals surface area contributed by atoms with Gasteiger partial charge in [-0.2, -0.15) is 16.1 Å². The van der Waals surface area contributed by atoms with Gasteiger partial charge in [0, 0.05) is 17.5 Å². The molecule has 108 valence electrons. The number of tetrazole rings is 1. The van der Waals surface area contributed by atoms with Crippen LogP contribution in [0.3, 0.4) is 0 Å². The molecule has 2 heterocycles. The maximum Gasteiger partial charge on any atom is 0.243 e. The van der Waals surface area contributed by atoms with Gasteiger partial charge in [0.25, 0.3) is 0 Å². The van der Waals surface area contributed by atoms with E-state index in [0.29, 0.717) is 5.82 Å². The minimum absolute atomic E-state index is 0.0472. The van der Waals surface area contributed by atoms with E-state index in [9.17, 15) is 9.90 Å². The summed E-state index contributed by atoms with van der Waals surface area (Å²) < 4.78 is 0. The van der Waals surface area contributed by atoms with Gasteiger partial charge in [-0.15, -0.1) is 10.2 Å². The first-order valence-corrected chi connectivity index (χ1v) is 6.85. The molecule has 9 heteroatoms. The van der Waals surface area contributed by atoms with Crippen molar-refractivity contribution in [2.45, 2.75) is 19.1 Å². The summed E-state index contributed by atoms with van der Waals surface area (Å²) in [5, 5.41) is 36.4. The van der Waals surface area contributed by atoms with E-state index in [-0.39, 0.29) is 19.0 Å². The van der Waals surface area contributed by atoms with E-state index in [1.54, 1.807) is 0 Å². The van der Waals surface area contributed by atoms with Crippen LogP contribution in [-0.2, 0) is 11.3 Å². The van der Waals surface area contributed by atoms with E-state index in [1.807, 2.05) is 16.8 Å². The highest BCUT2D eigenvalue weighted by Crippen LogP contribution is 2.16. The van der Waals surface area contributed by atoms with E-state index >= 15 is 0 Å². The molecule has 1 unspecified atom stereocenters. The van der Waals surface area contributed by atoms with Crippen molar-refractivity contribution < 1.29 is 15.0 Å². The third-order valence-corrected chi connectivity index (χ3v) is 3.21. The van der Waals surface area contributed by atoms with Crippen molar-refractivity contribution in [3.8, 4) is 11.4 Å². The number of hydrogen-bond donors (Lipinski definition) is 3. The van der Waals surface area contributed by atoms with E-state index in [1.165, 1.54) is 23.1 Å². The number of carbonyl (C=O) groups is 1. The van der Waals surface area contributed by atoms with Crippen molar-refractivity contribution >= 4 is 17.2 Å². The second-order valence-corrected chi connectivity index (χ2v) is 5.37. The molecule has 0 aliphatic carbocycles. The first-order chi connectivity index (χ1) is 9.50. The molecule has 0 saturated heterocycles. The Labute approximate surface area is 119 Å². The molecule has 0 radical (unpaired) electrons. The zero-order valence-corrected chi connectivity index (χ0v) is 11.7. The number of rotatable bonds is 6. The molecule has 0 aliphatic rings. The molecular weight excluding hydrogens is 282 g/mol. The number of aliphatic hydroxyl groups is 2. The molecule has 8 nitrogen and oxygen atoms in total. The Hall–Kier alpha value is -1.84. The van der Waals surface area contributed by atoms with E-state index in [2.05, 4.69) is 20.7 Å². The Morgan fingerprint density at radius 1 is 1.60 bits per heavy atom. The summed E-state index contributed by atoms with van der Waals surface area (Å²) in [5.41, 5.74) is -0.488. The topological polar surface area (TPSA) is 113 Å². The fourth-order valence-electron chi connectivity index (χ4n) is 1.35. The standard InChI is InChI=1S/C11H15N5O3S/c1-11(19,7-17)6-12-9(18)4-16-14-10(13-15-16)8-2-3-20-5-8/h2-3,5,17,19H,4,6-7H2,1H3,(H,12,18). The van der Waals surface area contributed by atoms with Crippen LogP contribution in [-0.4, -0.2) is 55.1 Å². The van der Waals surface area contributed by atoms with Gasteiger partial charge in [-0.05, 0) is 23.6 Å². The largest absolute Gasteiger partial charge is 0.393 e. The maximum atomic E-state index is 11.6. The smallest absolute Gasteiger partial charge is 0.243 e. The number of aromatic nitrogens is 4. The molecule has 0 fully saturated rings. The maximum absolute atomic E-state index is 11.6. The summed E-state index contributed by atoms with van der Waals surface area (Å²) in [6, 6.07) is 1.87. The predicted octanol–water partition coefficient (Wildman–Crippen LogP) is -0.739. The van der Waals surface area contributed by atoms with Crippen LogP contribution in [0.1, 0.15) is 6.92 Å². The summed E-state index contributed by atoms with van der Waals surface area (Å²) >= 11 is 1.52. The van der Waals surface area contributed by atoms with Crippen LogP contribution in [0.25, 0.3) is 11.4 Å². The molecule has 0 bridgehead atoms. The molecule has 0 saturated carbocycles. The molecule has 2 aromatic rings. The summed E-state index contributed by atoms with van der Waals surface area (Å²) in [7, 11) is 0. The molecule has 0 aromatic carbocycles. The first kappa shape index (κ1) is 14.6. The lowest BCUT2D eigenvalue weighted by molar-refractivity contribution is -0.123. The summed E-state index contributed by atoms with van der Waals surface area (Å²) in [5.74, 6) is 0.0920. The SMILES string of the molecule is CC(O)(CO)CNC(=O)Cn1nnc(-c2ccsc2)n1.